The molecular formula is C33H64N20O8S. The van der Waals surface area contributed by atoms with Gasteiger partial charge in [-0.1, -0.05) is 0 Å². The number of hydrogen-bond donors (Lipinski definition) is 21. The first-order chi connectivity index (χ1) is 29.3. The van der Waals surface area contributed by atoms with E-state index in [9.17, 15) is 38.4 Å². The zero-order valence-electron chi connectivity index (χ0n) is 34.4. The smallest absolute Gasteiger partial charge is 0.243 e. The Balaban J connectivity index is 6.11. The van der Waals surface area contributed by atoms with E-state index < -0.39 is 84.6 Å². The number of carbonyl (C=O) groups excluding carboxylic acids is 8. The molecule has 0 heterocycles. The Kier molecular flexibility index (Phi) is 28.7. The van der Waals surface area contributed by atoms with Crippen LogP contribution in [0.1, 0.15) is 51.4 Å². The van der Waals surface area contributed by atoms with E-state index in [1.54, 1.807) is 0 Å². The Morgan fingerprint density at radius 3 is 1.23 bits per heavy atom. The van der Waals surface area contributed by atoms with Gasteiger partial charge >= 0.3 is 0 Å². The molecule has 350 valence electrons. The van der Waals surface area contributed by atoms with Gasteiger partial charge in [0.05, 0.1) is 25.7 Å². The number of carbonyl (C=O) groups is 8. The minimum Gasteiger partial charge on any atom is -0.370 e. The predicted molar refractivity (Wildman–Crippen MR) is 231 cm³/mol. The number of hydrogen-bond acceptors (Lipinski definition) is 14. The number of thiol groups is 1. The molecule has 0 radical (unpaired) electrons. The van der Waals surface area contributed by atoms with Crippen LogP contribution < -0.4 is 87.2 Å². The molecule has 0 aromatic rings. The molecule has 0 aromatic heterocycles. The van der Waals surface area contributed by atoms with Gasteiger partial charge in [0, 0.05) is 31.9 Å². The monoisotopic (exact) mass is 900 g/mol. The normalized spacial score (nSPS) is 12.8. The van der Waals surface area contributed by atoms with Gasteiger partial charge in [0.2, 0.25) is 41.4 Å². The summed E-state index contributed by atoms with van der Waals surface area (Å²) in [5, 5.41) is 57.0. The van der Waals surface area contributed by atoms with Crippen LogP contribution in [0, 0.1) is 21.6 Å². The summed E-state index contributed by atoms with van der Waals surface area (Å²) >= 11 is 4.00. The molecule has 0 aliphatic rings. The van der Waals surface area contributed by atoms with Crippen molar-refractivity contribution in [1.29, 1.82) is 21.6 Å². The molecule has 7 amide bonds. The quantitative estimate of drug-likeness (QED) is 0.00980. The maximum atomic E-state index is 13.9. The third-order valence-corrected chi connectivity index (χ3v) is 8.63. The highest BCUT2D eigenvalue weighted by molar-refractivity contribution is 7.80. The maximum absolute atomic E-state index is 13.9. The number of amides is 7. The van der Waals surface area contributed by atoms with Crippen molar-refractivity contribution in [2.75, 3.05) is 51.6 Å². The summed E-state index contributed by atoms with van der Waals surface area (Å²) in [4.78, 5) is 102. The Labute approximate surface area is 363 Å². The topological polar surface area (TPSA) is 494 Å². The highest BCUT2D eigenvalue weighted by Crippen LogP contribution is 2.06. The van der Waals surface area contributed by atoms with Gasteiger partial charge in [-0.15, -0.1) is 0 Å². The summed E-state index contributed by atoms with van der Waals surface area (Å²) < 4.78 is 0. The fourth-order valence-corrected chi connectivity index (χ4v) is 5.42. The van der Waals surface area contributed by atoms with Crippen molar-refractivity contribution in [3.63, 3.8) is 0 Å². The van der Waals surface area contributed by atoms with Crippen molar-refractivity contribution in [2.24, 2.45) is 28.7 Å². The van der Waals surface area contributed by atoms with E-state index in [1.165, 1.54) is 0 Å². The van der Waals surface area contributed by atoms with Crippen LogP contribution in [0.15, 0.2) is 0 Å². The summed E-state index contributed by atoms with van der Waals surface area (Å²) in [6.07, 6.45) is 1.52. The highest BCUT2D eigenvalue weighted by Gasteiger charge is 2.30. The van der Waals surface area contributed by atoms with Crippen LogP contribution in [0.3, 0.4) is 0 Å². The molecule has 0 aromatic carbocycles. The fourth-order valence-electron chi connectivity index (χ4n) is 5.17. The Morgan fingerprint density at radius 2 is 0.839 bits per heavy atom. The van der Waals surface area contributed by atoms with Gasteiger partial charge in [-0.05, 0) is 51.4 Å². The lowest BCUT2D eigenvalue weighted by molar-refractivity contribution is -0.134. The van der Waals surface area contributed by atoms with E-state index in [2.05, 4.69) is 71.1 Å². The molecule has 25 N–H and O–H groups in total. The third-order valence-electron chi connectivity index (χ3n) is 8.26. The van der Waals surface area contributed by atoms with Gasteiger partial charge in [0.15, 0.2) is 23.8 Å². The molecule has 0 unspecified atom stereocenters. The molecule has 0 spiro atoms. The number of guanidine groups is 4. The molecule has 5 atom stereocenters. The van der Waals surface area contributed by atoms with Crippen molar-refractivity contribution in [3.05, 3.63) is 0 Å². The van der Waals surface area contributed by atoms with Crippen molar-refractivity contribution in [3.8, 4) is 0 Å². The zero-order valence-corrected chi connectivity index (χ0v) is 35.3. The lowest BCUT2D eigenvalue weighted by atomic mass is 10.0. The van der Waals surface area contributed by atoms with Crippen molar-refractivity contribution in [1.82, 2.24) is 58.5 Å². The number of nitrogens with two attached hydrogens (primary N) is 5. The molecule has 28 nitrogen and oxygen atoms in total. The maximum Gasteiger partial charge on any atom is 0.243 e. The van der Waals surface area contributed by atoms with E-state index in [1.807, 2.05) is 0 Å². The zero-order chi connectivity index (χ0) is 47.0. The lowest BCUT2D eigenvalue weighted by Gasteiger charge is -2.26. The first-order valence-corrected chi connectivity index (χ1v) is 20.1. The summed E-state index contributed by atoms with van der Waals surface area (Å²) in [5.74, 6) is -6.75. The molecular weight excluding hydrogens is 837 g/mol. The second kappa shape index (κ2) is 32.2. The van der Waals surface area contributed by atoms with E-state index in [-0.39, 0.29) is 107 Å². The van der Waals surface area contributed by atoms with Gasteiger partial charge in [0.25, 0.3) is 0 Å². The minimum absolute atomic E-state index is 0.000263. The highest BCUT2D eigenvalue weighted by atomic mass is 32.1. The molecule has 29 heteroatoms. The first-order valence-electron chi connectivity index (χ1n) is 19.4. The largest absolute Gasteiger partial charge is 0.370 e. The van der Waals surface area contributed by atoms with Gasteiger partial charge in [-0.25, -0.2) is 0 Å². The van der Waals surface area contributed by atoms with E-state index >= 15 is 0 Å². The summed E-state index contributed by atoms with van der Waals surface area (Å²) in [6.45, 7) is -0.951. The SMILES string of the molecule is N=C(N)NCCC[C@H](C=O)NC(=O)[C@@H](CCCNC(=N)N)NC(=O)[C@@H](CCCNC(=N)N)NC(=O)[C@@H](CCCNC(=N)N)NC(=O)CNC(=O)CNC(=O)[C@H](CS)NC(=O)CN. The molecule has 0 fully saturated rings. The summed E-state index contributed by atoms with van der Waals surface area (Å²) in [7, 11) is 0. The molecule has 0 bridgehead atoms. The summed E-state index contributed by atoms with van der Waals surface area (Å²) in [6, 6.07) is -5.95. The van der Waals surface area contributed by atoms with E-state index in [0.29, 0.717) is 12.7 Å². The van der Waals surface area contributed by atoms with Crippen molar-refractivity contribution < 1.29 is 38.4 Å². The molecule has 0 saturated carbocycles. The predicted octanol–water partition coefficient (Wildman–Crippen LogP) is -8.22. The number of rotatable bonds is 32. The van der Waals surface area contributed by atoms with Gasteiger partial charge < -0.3 is 91.9 Å². The lowest BCUT2D eigenvalue weighted by Crippen LogP contribution is -2.58. The number of nitrogens with one attached hydrogen (secondary N) is 15. The molecule has 0 aliphatic carbocycles. The summed E-state index contributed by atoms with van der Waals surface area (Å²) in [5.41, 5.74) is 26.6. The third kappa shape index (κ3) is 27.2. The standard InChI is InChI=1S/C33H64N20O8S/c34-13-23(55)51-22(17-62)26(58)48-14-24(56)47-15-25(57)50-19(6-2-10-44-31(37)38)28(60)53-21(8-4-12-46-33(41)42)29(61)52-20(7-3-11-45-32(39)40)27(59)49-18(16-54)5-1-9-43-30(35)36/h16,18-22,62H,1-15,17,34H2,(H,47,56)(H,48,58)(H,49,59)(H,50,57)(H,51,55)(H,52,61)(H,53,60)(H4,35,36,43)(H4,37,38,44)(H4,39,40,45)(H4,41,42,46)/t18-,19-,20-,21-,22+/m1/s1. The van der Waals surface area contributed by atoms with Crippen LogP contribution in [-0.4, -0.2) is 153 Å². The molecule has 62 heavy (non-hydrogen) atoms. The molecule has 0 rings (SSSR count). The van der Waals surface area contributed by atoms with Crippen LogP contribution in [0.5, 0.6) is 0 Å². The Hall–Kier alpha value is -6.65. The van der Waals surface area contributed by atoms with Crippen LogP contribution >= 0.6 is 12.6 Å². The van der Waals surface area contributed by atoms with Crippen molar-refractivity contribution >= 4 is 84.1 Å². The van der Waals surface area contributed by atoms with Crippen molar-refractivity contribution in [2.45, 2.75) is 81.6 Å². The number of aldehydes is 1. The van der Waals surface area contributed by atoms with Crippen LogP contribution in [0.4, 0.5) is 0 Å². The van der Waals surface area contributed by atoms with Gasteiger partial charge in [-0.3, -0.25) is 55.2 Å². The van der Waals surface area contributed by atoms with Crippen LogP contribution in [0.25, 0.3) is 0 Å². The average molecular weight is 901 g/mol. The Bertz CT molecular complexity index is 1550. The molecule has 0 aliphatic heterocycles. The van der Waals surface area contributed by atoms with Gasteiger partial charge in [-0.2, -0.15) is 12.6 Å². The Morgan fingerprint density at radius 1 is 0.468 bits per heavy atom. The van der Waals surface area contributed by atoms with E-state index in [4.69, 9.17) is 50.3 Å². The van der Waals surface area contributed by atoms with Crippen LogP contribution in [-0.2, 0) is 38.4 Å². The first kappa shape index (κ1) is 55.4. The van der Waals surface area contributed by atoms with E-state index in [0.717, 1.165) is 0 Å². The molecule has 0 saturated heterocycles. The minimum atomic E-state index is -1.34. The second-order valence-electron chi connectivity index (χ2n) is 13.4. The average Bonchev–Trinajstić information content (AvgIpc) is 3.21. The van der Waals surface area contributed by atoms with Gasteiger partial charge in [0.1, 0.15) is 30.5 Å². The second-order valence-corrected chi connectivity index (χ2v) is 13.8. The van der Waals surface area contributed by atoms with Crippen LogP contribution in [0.2, 0.25) is 0 Å². The fraction of sp³-hybridized carbons (Fsp3) is 0.636.